The van der Waals surface area contributed by atoms with E-state index in [-0.39, 0.29) is 37.8 Å². The highest BCUT2D eigenvalue weighted by molar-refractivity contribution is 7.09. The molecule has 0 unspecified atom stereocenters. The first-order valence-electron chi connectivity index (χ1n) is 11.5. The van der Waals surface area contributed by atoms with Crippen molar-refractivity contribution in [2.24, 2.45) is 0 Å². The second-order valence-electron chi connectivity index (χ2n) is 8.29. The fourth-order valence-electron chi connectivity index (χ4n) is 4.16. The maximum atomic E-state index is 12.3. The zero-order chi connectivity index (χ0) is 24.6. The normalized spacial score (nSPS) is 12.0. The van der Waals surface area contributed by atoms with Crippen LogP contribution in [0.25, 0.3) is 11.1 Å². The molecule has 0 radical (unpaired) electrons. The summed E-state index contributed by atoms with van der Waals surface area (Å²) in [5.41, 5.74) is 5.30. The Labute approximate surface area is 207 Å². The summed E-state index contributed by atoms with van der Waals surface area (Å²) in [7, 11) is 0. The Balaban J connectivity index is 1.20. The summed E-state index contributed by atoms with van der Waals surface area (Å²) >= 11 is 1.37. The number of carboxylic acids is 1. The lowest BCUT2D eigenvalue weighted by Crippen LogP contribution is -2.26. The van der Waals surface area contributed by atoms with Gasteiger partial charge in [0.25, 0.3) is 0 Å². The van der Waals surface area contributed by atoms with Crippen molar-refractivity contribution in [1.29, 1.82) is 0 Å². The number of carbonyl (C=O) groups is 3. The second-order valence-corrected chi connectivity index (χ2v) is 9.23. The van der Waals surface area contributed by atoms with Crippen LogP contribution in [0.15, 0.2) is 53.9 Å². The van der Waals surface area contributed by atoms with Gasteiger partial charge in [0, 0.05) is 24.3 Å². The van der Waals surface area contributed by atoms with Gasteiger partial charge in [0.15, 0.2) is 0 Å². The molecule has 0 saturated carbocycles. The molecule has 0 aliphatic heterocycles. The third-order valence-electron chi connectivity index (χ3n) is 5.81. The number of rotatable bonds is 11. The molecule has 0 spiro atoms. The Hall–Kier alpha value is -3.72. The number of hydrogen-bond donors (Lipinski definition) is 3. The molecule has 1 aliphatic rings. The van der Waals surface area contributed by atoms with Crippen LogP contribution in [-0.2, 0) is 27.3 Å². The number of aromatic nitrogens is 1. The van der Waals surface area contributed by atoms with E-state index in [2.05, 4.69) is 39.9 Å². The zero-order valence-corrected chi connectivity index (χ0v) is 20.0. The summed E-state index contributed by atoms with van der Waals surface area (Å²) in [4.78, 5) is 39.2. The molecule has 9 heteroatoms. The van der Waals surface area contributed by atoms with Gasteiger partial charge in [0.05, 0.1) is 18.7 Å². The van der Waals surface area contributed by atoms with E-state index in [9.17, 15) is 14.4 Å². The predicted octanol–water partition coefficient (Wildman–Crippen LogP) is 4.10. The number of alkyl carbamates (subject to hydrolysis) is 1. The number of hydrogen-bond acceptors (Lipinski definition) is 6. The van der Waals surface area contributed by atoms with E-state index in [1.54, 1.807) is 5.38 Å². The number of carboxylic acid groups (broad SMARTS) is 1. The molecule has 0 bridgehead atoms. The Morgan fingerprint density at radius 1 is 0.971 bits per heavy atom. The molecule has 8 nitrogen and oxygen atoms in total. The Morgan fingerprint density at radius 2 is 1.66 bits per heavy atom. The average molecular weight is 494 g/mol. The minimum atomic E-state index is -0.835. The summed E-state index contributed by atoms with van der Waals surface area (Å²) in [5, 5.41) is 16.6. The van der Waals surface area contributed by atoms with Gasteiger partial charge < -0.3 is 20.5 Å². The van der Waals surface area contributed by atoms with Gasteiger partial charge in [-0.1, -0.05) is 48.5 Å². The van der Waals surface area contributed by atoms with Crippen molar-refractivity contribution in [2.75, 3.05) is 13.2 Å². The summed E-state index contributed by atoms with van der Waals surface area (Å²) < 4.78 is 5.54. The van der Waals surface area contributed by atoms with Crippen molar-refractivity contribution < 1.29 is 24.2 Å². The van der Waals surface area contributed by atoms with Gasteiger partial charge in [-0.2, -0.15) is 0 Å². The highest BCUT2D eigenvalue weighted by atomic mass is 32.1. The number of carbonyl (C=O) groups excluding carboxylic acids is 2. The summed E-state index contributed by atoms with van der Waals surface area (Å²) in [6.45, 7) is 0.903. The number of thiazole rings is 1. The van der Waals surface area contributed by atoms with Crippen molar-refractivity contribution in [3.8, 4) is 11.1 Å². The molecule has 35 heavy (non-hydrogen) atoms. The topological polar surface area (TPSA) is 118 Å². The maximum Gasteiger partial charge on any atom is 0.407 e. The molecular weight excluding hydrogens is 466 g/mol. The van der Waals surface area contributed by atoms with Crippen LogP contribution in [0.3, 0.4) is 0 Å². The third-order valence-corrected chi connectivity index (χ3v) is 6.71. The van der Waals surface area contributed by atoms with Gasteiger partial charge >= 0.3 is 12.1 Å². The van der Waals surface area contributed by atoms with E-state index < -0.39 is 12.1 Å². The number of amides is 2. The van der Waals surface area contributed by atoms with Crippen LogP contribution in [0.1, 0.15) is 47.0 Å². The Bertz CT molecular complexity index is 1160. The van der Waals surface area contributed by atoms with Crippen LogP contribution in [0.2, 0.25) is 0 Å². The SMILES string of the molecule is O=C(O)CCCCNC(=O)Cc1csc(CNC(=O)OCC2c3ccccc3-c3ccccc32)n1. The molecule has 3 N–H and O–H groups in total. The van der Waals surface area contributed by atoms with Crippen molar-refractivity contribution in [2.45, 2.75) is 38.1 Å². The lowest BCUT2D eigenvalue weighted by molar-refractivity contribution is -0.137. The molecule has 0 fully saturated rings. The first kappa shape index (κ1) is 24.4. The van der Waals surface area contributed by atoms with Crippen LogP contribution in [0.5, 0.6) is 0 Å². The predicted molar refractivity (Wildman–Crippen MR) is 132 cm³/mol. The zero-order valence-electron chi connectivity index (χ0n) is 19.2. The molecule has 1 heterocycles. The number of ether oxygens (including phenoxy) is 1. The minimum absolute atomic E-state index is 0.00209. The molecule has 1 aromatic heterocycles. The highest BCUT2D eigenvalue weighted by Crippen LogP contribution is 2.44. The van der Waals surface area contributed by atoms with Crippen molar-refractivity contribution in [3.63, 3.8) is 0 Å². The quantitative estimate of drug-likeness (QED) is 0.346. The largest absolute Gasteiger partial charge is 0.481 e. The van der Waals surface area contributed by atoms with Crippen LogP contribution >= 0.6 is 11.3 Å². The standard InChI is InChI=1S/C26H27N3O5S/c30-23(27-12-6-5-11-25(31)32)13-17-16-35-24(29-17)14-28-26(33)34-15-22-20-9-3-1-7-18(20)19-8-2-4-10-21(19)22/h1-4,7-10,16,22H,5-6,11-15H2,(H,27,30)(H,28,33)(H,31,32). The minimum Gasteiger partial charge on any atom is -0.481 e. The smallest absolute Gasteiger partial charge is 0.407 e. The van der Waals surface area contributed by atoms with E-state index in [1.165, 1.54) is 22.5 Å². The van der Waals surface area contributed by atoms with E-state index in [1.807, 2.05) is 24.3 Å². The summed E-state index contributed by atoms with van der Waals surface area (Å²) in [6.07, 6.45) is 0.868. The summed E-state index contributed by atoms with van der Waals surface area (Å²) in [5.74, 6) is -0.998. The number of nitrogens with zero attached hydrogens (tertiary/aromatic N) is 1. The number of unbranched alkanes of at least 4 members (excludes halogenated alkanes) is 1. The maximum absolute atomic E-state index is 12.3. The lowest BCUT2D eigenvalue weighted by Gasteiger charge is -2.14. The first-order valence-corrected chi connectivity index (χ1v) is 12.4. The monoisotopic (exact) mass is 493 g/mol. The van der Waals surface area contributed by atoms with Gasteiger partial charge in [0.2, 0.25) is 5.91 Å². The number of aliphatic carboxylic acids is 1. The molecule has 4 rings (SSSR count). The van der Waals surface area contributed by atoms with Crippen LogP contribution in [0, 0.1) is 0 Å². The van der Waals surface area contributed by atoms with Crippen molar-refractivity contribution >= 4 is 29.3 Å². The fourth-order valence-corrected chi connectivity index (χ4v) is 4.90. The number of benzene rings is 2. The van der Waals surface area contributed by atoms with Crippen LogP contribution in [0.4, 0.5) is 4.79 Å². The Morgan fingerprint density at radius 3 is 2.34 bits per heavy atom. The molecule has 0 saturated heterocycles. The van der Waals surface area contributed by atoms with Crippen LogP contribution < -0.4 is 10.6 Å². The van der Waals surface area contributed by atoms with Gasteiger partial charge in [-0.05, 0) is 35.1 Å². The molecule has 0 atom stereocenters. The van der Waals surface area contributed by atoms with Gasteiger partial charge in [-0.3, -0.25) is 9.59 Å². The Kier molecular flexibility index (Phi) is 8.10. The van der Waals surface area contributed by atoms with Crippen molar-refractivity contribution in [1.82, 2.24) is 15.6 Å². The van der Waals surface area contributed by atoms with E-state index in [4.69, 9.17) is 9.84 Å². The van der Waals surface area contributed by atoms with E-state index in [0.717, 1.165) is 11.1 Å². The fraction of sp³-hybridized carbons (Fsp3) is 0.308. The first-order chi connectivity index (χ1) is 17.0. The average Bonchev–Trinajstić information content (AvgIpc) is 3.43. The third kappa shape index (κ3) is 6.45. The van der Waals surface area contributed by atoms with Gasteiger partial charge in [0.1, 0.15) is 11.6 Å². The van der Waals surface area contributed by atoms with Crippen molar-refractivity contribution in [3.05, 3.63) is 75.7 Å². The number of nitrogens with one attached hydrogen (secondary N) is 2. The summed E-state index contributed by atoms with van der Waals surface area (Å²) in [6, 6.07) is 16.4. The van der Waals surface area contributed by atoms with E-state index in [0.29, 0.717) is 30.1 Å². The second kappa shape index (κ2) is 11.6. The van der Waals surface area contributed by atoms with Gasteiger partial charge in [-0.15, -0.1) is 11.3 Å². The lowest BCUT2D eigenvalue weighted by atomic mass is 9.98. The number of fused-ring (bicyclic) bond motifs is 3. The van der Waals surface area contributed by atoms with Gasteiger partial charge in [-0.25, -0.2) is 9.78 Å². The highest BCUT2D eigenvalue weighted by Gasteiger charge is 2.29. The van der Waals surface area contributed by atoms with E-state index >= 15 is 0 Å². The molecule has 3 aromatic rings. The van der Waals surface area contributed by atoms with Crippen LogP contribution in [-0.4, -0.2) is 41.2 Å². The molecule has 2 amide bonds. The molecule has 182 valence electrons. The molecule has 1 aliphatic carbocycles. The molecular formula is C26H27N3O5S. The molecule has 2 aromatic carbocycles.